The van der Waals surface area contributed by atoms with Crippen molar-refractivity contribution < 1.29 is 24.1 Å². The molecule has 1 saturated heterocycles. The second-order valence-electron chi connectivity index (χ2n) is 6.39. The van der Waals surface area contributed by atoms with E-state index in [0.717, 1.165) is 11.3 Å². The number of carboxylic acid groups (broad SMARTS) is 1. The van der Waals surface area contributed by atoms with Crippen molar-refractivity contribution in [1.29, 1.82) is 0 Å². The van der Waals surface area contributed by atoms with Crippen LogP contribution < -0.4 is 4.74 Å². The molecular formula is C19H26O5. The molecule has 0 bridgehead atoms. The molecule has 1 fully saturated rings. The zero-order valence-corrected chi connectivity index (χ0v) is 14.6. The maximum Gasteiger partial charge on any atom is 0.308 e. The van der Waals surface area contributed by atoms with E-state index in [-0.39, 0.29) is 17.9 Å². The quantitative estimate of drug-likeness (QED) is 0.804. The molecule has 0 radical (unpaired) electrons. The van der Waals surface area contributed by atoms with Crippen LogP contribution >= 0.6 is 0 Å². The lowest BCUT2D eigenvalue weighted by Gasteiger charge is -2.44. The molecule has 24 heavy (non-hydrogen) atoms. The van der Waals surface area contributed by atoms with Gasteiger partial charge in [0.05, 0.1) is 25.2 Å². The number of carboxylic acids is 1. The standard InChI is InChI=1S/C19H26O5/c1-6-11(2)16-12(3)17(13(4)18(20)21)24-19(23-16)14-7-9-15(22-5)10-8-14/h6-13,16-17,19H,1H2,2-5H3,(H,20,21)/t11-,12+,13+,16-,17-,19-/m0/s1. The van der Waals surface area contributed by atoms with E-state index < -0.39 is 24.3 Å². The summed E-state index contributed by atoms with van der Waals surface area (Å²) < 4.78 is 17.3. The zero-order valence-electron chi connectivity index (χ0n) is 14.6. The summed E-state index contributed by atoms with van der Waals surface area (Å²) in [7, 11) is 1.61. The largest absolute Gasteiger partial charge is 0.497 e. The molecule has 2 rings (SSSR count). The highest BCUT2D eigenvalue weighted by atomic mass is 16.7. The van der Waals surface area contributed by atoms with E-state index >= 15 is 0 Å². The fourth-order valence-corrected chi connectivity index (χ4v) is 3.12. The van der Waals surface area contributed by atoms with Gasteiger partial charge in [-0.1, -0.05) is 32.1 Å². The van der Waals surface area contributed by atoms with Crippen LogP contribution in [0.4, 0.5) is 0 Å². The van der Waals surface area contributed by atoms with Crippen LogP contribution in [0, 0.1) is 17.8 Å². The van der Waals surface area contributed by atoms with Gasteiger partial charge in [0.15, 0.2) is 6.29 Å². The topological polar surface area (TPSA) is 65.0 Å². The molecule has 0 unspecified atom stereocenters. The first-order valence-electron chi connectivity index (χ1n) is 8.19. The van der Waals surface area contributed by atoms with Crippen molar-refractivity contribution in [3.8, 4) is 5.75 Å². The Morgan fingerprint density at radius 3 is 2.33 bits per heavy atom. The first kappa shape index (κ1) is 18.5. The van der Waals surface area contributed by atoms with E-state index in [4.69, 9.17) is 14.2 Å². The van der Waals surface area contributed by atoms with Crippen LogP contribution in [-0.4, -0.2) is 30.4 Å². The molecule has 0 aliphatic carbocycles. The average Bonchev–Trinajstić information content (AvgIpc) is 2.60. The average molecular weight is 334 g/mol. The third-order valence-corrected chi connectivity index (χ3v) is 4.76. The van der Waals surface area contributed by atoms with E-state index in [2.05, 4.69) is 6.58 Å². The van der Waals surface area contributed by atoms with Gasteiger partial charge in [-0.05, 0) is 19.1 Å². The zero-order chi connectivity index (χ0) is 17.9. The summed E-state index contributed by atoms with van der Waals surface area (Å²) >= 11 is 0. The van der Waals surface area contributed by atoms with Crippen molar-refractivity contribution in [3.05, 3.63) is 42.5 Å². The fraction of sp³-hybridized carbons (Fsp3) is 0.526. The Kier molecular flexibility index (Phi) is 6.02. The predicted molar refractivity (Wildman–Crippen MR) is 90.8 cm³/mol. The lowest BCUT2D eigenvalue weighted by molar-refractivity contribution is -0.286. The molecule has 5 heteroatoms. The number of benzene rings is 1. The molecular weight excluding hydrogens is 308 g/mol. The van der Waals surface area contributed by atoms with Crippen LogP contribution in [0.3, 0.4) is 0 Å². The van der Waals surface area contributed by atoms with Gasteiger partial charge in [0.25, 0.3) is 0 Å². The second kappa shape index (κ2) is 7.81. The molecule has 0 aromatic heterocycles. The number of hydrogen-bond acceptors (Lipinski definition) is 4. The highest BCUT2D eigenvalue weighted by Crippen LogP contribution is 2.39. The van der Waals surface area contributed by atoms with E-state index in [1.165, 1.54) is 0 Å². The molecule has 0 amide bonds. The number of hydrogen-bond donors (Lipinski definition) is 1. The Bertz CT molecular complexity index is 568. The lowest BCUT2D eigenvalue weighted by atomic mass is 9.83. The highest BCUT2D eigenvalue weighted by molar-refractivity contribution is 5.70. The molecule has 1 aromatic rings. The summed E-state index contributed by atoms with van der Waals surface area (Å²) in [5, 5.41) is 9.40. The van der Waals surface area contributed by atoms with Crippen LogP contribution in [0.15, 0.2) is 36.9 Å². The molecule has 1 heterocycles. The number of methoxy groups -OCH3 is 1. The van der Waals surface area contributed by atoms with Gasteiger partial charge in [0.2, 0.25) is 0 Å². The van der Waals surface area contributed by atoms with Crippen molar-refractivity contribution in [3.63, 3.8) is 0 Å². The van der Waals surface area contributed by atoms with E-state index in [9.17, 15) is 9.90 Å². The first-order chi connectivity index (χ1) is 11.4. The predicted octanol–water partition coefficient (Wildman–Crippen LogP) is 3.66. The Labute approximate surface area is 143 Å². The maximum atomic E-state index is 11.5. The van der Waals surface area contributed by atoms with Crippen molar-refractivity contribution in [2.75, 3.05) is 7.11 Å². The van der Waals surface area contributed by atoms with Gasteiger partial charge in [-0.2, -0.15) is 0 Å². The van der Waals surface area contributed by atoms with Crippen molar-refractivity contribution >= 4 is 5.97 Å². The number of aliphatic carboxylic acids is 1. The van der Waals surface area contributed by atoms with Gasteiger partial charge in [-0.25, -0.2) is 0 Å². The fourth-order valence-electron chi connectivity index (χ4n) is 3.12. The van der Waals surface area contributed by atoms with Crippen LogP contribution in [-0.2, 0) is 14.3 Å². The normalized spacial score (nSPS) is 29.5. The van der Waals surface area contributed by atoms with Crippen LogP contribution in [0.2, 0.25) is 0 Å². The molecule has 6 atom stereocenters. The summed E-state index contributed by atoms with van der Waals surface area (Å²) in [6.07, 6.45) is 0.636. The smallest absolute Gasteiger partial charge is 0.308 e. The van der Waals surface area contributed by atoms with Gasteiger partial charge in [-0.3, -0.25) is 4.79 Å². The van der Waals surface area contributed by atoms with Gasteiger partial charge >= 0.3 is 5.97 Å². The van der Waals surface area contributed by atoms with Gasteiger partial charge in [0.1, 0.15) is 5.75 Å². The molecule has 1 aliphatic rings. The Hall–Kier alpha value is -1.85. The van der Waals surface area contributed by atoms with Gasteiger partial charge < -0.3 is 19.3 Å². The Morgan fingerprint density at radius 1 is 1.25 bits per heavy atom. The minimum Gasteiger partial charge on any atom is -0.497 e. The van der Waals surface area contributed by atoms with E-state index in [1.807, 2.05) is 44.2 Å². The monoisotopic (exact) mass is 334 g/mol. The first-order valence-corrected chi connectivity index (χ1v) is 8.19. The maximum absolute atomic E-state index is 11.5. The number of carbonyl (C=O) groups is 1. The summed E-state index contributed by atoms with van der Waals surface area (Å²) in [6.45, 7) is 9.51. The number of ether oxygens (including phenoxy) is 3. The molecule has 132 valence electrons. The van der Waals surface area contributed by atoms with Crippen molar-refractivity contribution in [2.24, 2.45) is 17.8 Å². The molecule has 0 spiro atoms. The van der Waals surface area contributed by atoms with Gasteiger partial charge in [0, 0.05) is 17.4 Å². The second-order valence-corrected chi connectivity index (χ2v) is 6.39. The van der Waals surface area contributed by atoms with E-state index in [1.54, 1.807) is 14.0 Å². The Morgan fingerprint density at radius 2 is 1.83 bits per heavy atom. The van der Waals surface area contributed by atoms with Crippen LogP contribution in [0.1, 0.15) is 32.6 Å². The number of rotatable bonds is 6. The molecule has 0 saturated carbocycles. The van der Waals surface area contributed by atoms with Crippen molar-refractivity contribution in [2.45, 2.75) is 39.3 Å². The van der Waals surface area contributed by atoms with Gasteiger partial charge in [-0.15, -0.1) is 6.58 Å². The van der Waals surface area contributed by atoms with Crippen LogP contribution in [0.5, 0.6) is 5.75 Å². The molecule has 1 N–H and O–H groups in total. The minimum absolute atomic E-state index is 0.0569. The lowest BCUT2D eigenvalue weighted by Crippen LogP contribution is -2.48. The summed E-state index contributed by atoms with van der Waals surface area (Å²) in [5.41, 5.74) is 0.839. The third kappa shape index (κ3) is 3.79. The van der Waals surface area contributed by atoms with Crippen molar-refractivity contribution in [1.82, 2.24) is 0 Å². The molecule has 1 aromatic carbocycles. The summed E-state index contributed by atoms with van der Waals surface area (Å²) in [4.78, 5) is 11.5. The Balaban J connectivity index is 2.30. The van der Waals surface area contributed by atoms with Crippen LogP contribution in [0.25, 0.3) is 0 Å². The minimum atomic E-state index is -0.868. The van der Waals surface area contributed by atoms with E-state index in [0.29, 0.717) is 0 Å². The highest BCUT2D eigenvalue weighted by Gasteiger charge is 2.43. The summed E-state index contributed by atoms with van der Waals surface area (Å²) in [5.74, 6) is -0.711. The third-order valence-electron chi connectivity index (χ3n) is 4.76. The molecule has 5 nitrogen and oxygen atoms in total. The molecule has 1 aliphatic heterocycles. The summed E-state index contributed by atoms with van der Waals surface area (Å²) in [6, 6.07) is 7.42. The SMILES string of the molecule is C=C[C@H](C)[C@@H]1O[C@H](c2ccc(OC)cc2)O[C@H]([C@@H](C)C(=O)O)[C@@H]1C.